The monoisotopic (exact) mass is 116 g/mol. The Bertz CT molecular complexity index is 68.9. The normalized spacial score (nSPS) is 14.9. The molecule has 2 nitrogen and oxygen atoms in total. The van der Waals surface area contributed by atoms with Crippen molar-refractivity contribution in [2.45, 2.75) is 13.0 Å². The number of aliphatic hydroxyl groups is 1. The second-order valence-corrected chi connectivity index (χ2v) is 1.55. The van der Waals surface area contributed by atoms with E-state index < -0.39 is 0 Å². The Kier molecular flexibility index (Phi) is 4.61. The van der Waals surface area contributed by atoms with Gasteiger partial charge < -0.3 is 9.84 Å². The first kappa shape index (κ1) is 7.66. The molecular formula is C6H12O2. The molecule has 0 aromatic carbocycles. The van der Waals surface area contributed by atoms with Crippen LogP contribution in [0, 0.1) is 0 Å². The van der Waals surface area contributed by atoms with Gasteiger partial charge in [0.1, 0.15) is 0 Å². The lowest BCUT2D eigenvalue weighted by molar-refractivity contribution is 0.155. The molecule has 0 bridgehead atoms. The van der Waals surface area contributed by atoms with Crippen molar-refractivity contribution in [3.8, 4) is 0 Å². The van der Waals surface area contributed by atoms with Crippen molar-refractivity contribution >= 4 is 0 Å². The third kappa shape index (κ3) is 3.84. The number of aliphatic hydroxyl groups excluding tert-OH is 1. The largest absolute Gasteiger partial charge is 0.392 e. The van der Waals surface area contributed by atoms with E-state index in [-0.39, 0.29) is 12.7 Å². The summed E-state index contributed by atoms with van der Waals surface area (Å²) in [6, 6.07) is 0. The third-order valence-electron chi connectivity index (χ3n) is 0.884. The first-order valence-corrected chi connectivity index (χ1v) is 2.61. The summed E-state index contributed by atoms with van der Waals surface area (Å²) in [5.41, 5.74) is 0. The maximum absolute atomic E-state index is 8.27. The highest BCUT2D eigenvalue weighted by Crippen LogP contribution is 1.87. The highest BCUT2D eigenvalue weighted by molar-refractivity contribution is 4.86. The molecule has 0 saturated carbocycles. The summed E-state index contributed by atoms with van der Waals surface area (Å²) < 4.78 is 4.85. The maximum atomic E-state index is 8.27. The van der Waals surface area contributed by atoms with Crippen LogP contribution < -0.4 is 0 Å². The summed E-state index contributed by atoms with van der Waals surface area (Å²) in [5.74, 6) is 0. The minimum absolute atomic E-state index is 0.0910. The van der Waals surface area contributed by atoms with Gasteiger partial charge in [0.2, 0.25) is 0 Å². The molecule has 0 aromatic rings. The van der Waals surface area contributed by atoms with Crippen molar-refractivity contribution in [1.29, 1.82) is 0 Å². The van der Waals surface area contributed by atoms with Crippen LogP contribution in [0.25, 0.3) is 0 Å². The Morgan fingerprint density at radius 1 is 1.75 bits per heavy atom. The molecule has 0 aliphatic heterocycles. The van der Waals surface area contributed by atoms with Crippen molar-refractivity contribution in [3.63, 3.8) is 0 Å². The van der Waals surface area contributed by atoms with Crippen LogP contribution in [0.2, 0.25) is 0 Å². The van der Waals surface area contributed by atoms with Gasteiger partial charge in [-0.15, -0.1) is 0 Å². The summed E-state index contributed by atoms with van der Waals surface area (Å²) in [6.45, 7) is 2.00. The molecule has 0 aliphatic carbocycles. The predicted molar refractivity (Wildman–Crippen MR) is 32.7 cm³/mol. The molecule has 0 rings (SSSR count). The molecule has 0 aliphatic rings. The van der Waals surface area contributed by atoms with Crippen LogP contribution in [0.3, 0.4) is 0 Å². The fraction of sp³-hybridized carbons (Fsp3) is 0.667. The Morgan fingerprint density at radius 3 is 2.75 bits per heavy atom. The zero-order valence-electron chi connectivity index (χ0n) is 5.29. The molecule has 0 saturated heterocycles. The second kappa shape index (κ2) is 4.81. The van der Waals surface area contributed by atoms with Gasteiger partial charge in [-0.1, -0.05) is 12.2 Å². The van der Waals surface area contributed by atoms with Crippen molar-refractivity contribution in [2.24, 2.45) is 0 Å². The smallest absolute Gasteiger partial charge is 0.0724 e. The fourth-order valence-corrected chi connectivity index (χ4v) is 0.331. The van der Waals surface area contributed by atoms with Crippen molar-refractivity contribution in [2.75, 3.05) is 13.7 Å². The fourth-order valence-electron chi connectivity index (χ4n) is 0.331. The zero-order chi connectivity index (χ0) is 6.41. The summed E-state index contributed by atoms with van der Waals surface area (Å²) >= 11 is 0. The van der Waals surface area contributed by atoms with Gasteiger partial charge in [-0.2, -0.15) is 0 Å². The molecule has 8 heavy (non-hydrogen) atoms. The highest BCUT2D eigenvalue weighted by atomic mass is 16.5. The average Bonchev–Trinajstić information content (AvgIpc) is 1.83. The van der Waals surface area contributed by atoms with Crippen molar-refractivity contribution < 1.29 is 9.84 Å². The number of rotatable bonds is 3. The average molecular weight is 116 g/mol. The molecule has 0 aromatic heterocycles. The van der Waals surface area contributed by atoms with E-state index in [2.05, 4.69) is 0 Å². The van der Waals surface area contributed by atoms with Gasteiger partial charge in [-0.25, -0.2) is 0 Å². The van der Waals surface area contributed by atoms with E-state index in [9.17, 15) is 0 Å². The molecule has 0 spiro atoms. The summed E-state index contributed by atoms with van der Waals surface area (Å²) in [6.07, 6.45) is 3.58. The van der Waals surface area contributed by atoms with E-state index >= 15 is 0 Å². The summed E-state index contributed by atoms with van der Waals surface area (Å²) in [4.78, 5) is 0. The number of ether oxygens (including phenoxy) is 1. The predicted octanol–water partition coefficient (Wildman–Crippen LogP) is 0.570. The minimum Gasteiger partial charge on any atom is -0.392 e. The van der Waals surface area contributed by atoms with E-state index in [1.807, 2.05) is 6.92 Å². The van der Waals surface area contributed by atoms with E-state index in [0.717, 1.165) is 0 Å². The van der Waals surface area contributed by atoms with Crippen LogP contribution in [0.15, 0.2) is 12.2 Å². The Labute approximate surface area is 49.8 Å². The number of hydrogen-bond donors (Lipinski definition) is 1. The van der Waals surface area contributed by atoms with Crippen molar-refractivity contribution in [1.82, 2.24) is 0 Å². The van der Waals surface area contributed by atoms with Crippen LogP contribution in [-0.2, 0) is 4.74 Å². The van der Waals surface area contributed by atoms with Crippen LogP contribution in [0.5, 0.6) is 0 Å². The topological polar surface area (TPSA) is 29.5 Å². The highest BCUT2D eigenvalue weighted by Gasteiger charge is 1.86. The molecule has 2 heteroatoms. The molecule has 1 unspecified atom stereocenters. The summed E-state index contributed by atoms with van der Waals surface area (Å²) in [7, 11) is 1.63. The van der Waals surface area contributed by atoms with Gasteiger partial charge in [0, 0.05) is 7.11 Å². The Balaban J connectivity index is 3.21. The van der Waals surface area contributed by atoms with E-state index in [1.165, 1.54) is 0 Å². The van der Waals surface area contributed by atoms with Gasteiger partial charge in [0.15, 0.2) is 0 Å². The molecule has 1 atom stereocenters. The standard InChI is InChI=1S/C6H12O2/c1-6(8-2)4-3-5-7/h3-4,6-7H,5H2,1-2H3. The first-order valence-electron chi connectivity index (χ1n) is 2.61. The van der Waals surface area contributed by atoms with Gasteiger partial charge in [-0.05, 0) is 6.92 Å². The van der Waals surface area contributed by atoms with E-state index in [4.69, 9.17) is 9.84 Å². The molecule has 0 fully saturated rings. The second-order valence-electron chi connectivity index (χ2n) is 1.55. The molecule has 0 amide bonds. The van der Waals surface area contributed by atoms with Crippen LogP contribution in [0.1, 0.15) is 6.92 Å². The van der Waals surface area contributed by atoms with Crippen LogP contribution >= 0.6 is 0 Å². The number of hydrogen-bond acceptors (Lipinski definition) is 2. The maximum Gasteiger partial charge on any atom is 0.0724 e. The molecule has 0 heterocycles. The Morgan fingerprint density at radius 2 is 2.38 bits per heavy atom. The molecule has 1 N–H and O–H groups in total. The van der Waals surface area contributed by atoms with Gasteiger partial charge in [-0.3, -0.25) is 0 Å². The first-order chi connectivity index (χ1) is 3.81. The van der Waals surface area contributed by atoms with E-state index in [1.54, 1.807) is 19.3 Å². The zero-order valence-corrected chi connectivity index (χ0v) is 5.29. The minimum atomic E-state index is 0.0910. The molecular weight excluding hydrogens is 104 g/mol. The molecule has 48 valence electrons. The SMILES string of the molecule is COC(C)C=CCO. The van der Waals surface area contributed by atoms with Crippen LogP contribution in [0.4, 0.5) is 0 Å². The lowest BCUT2D eigenvalue weighted by Crippen LogP contribution is -1.98. The number of methoxy groups -OCH3 is 1. The van der Waals surface area contributed by atoms with Gasteiger partial charge in [0.05, 0.1) is 12.7 Å². The third-order valence-corrected chi connectivity index (χ3v) is 0.884. The quantitative estimate of drug-likeness (QED) is 0.546. The lowest BCUT2D eigenvalue weighted by Gasteiger charge is -1.99. The van der Waals surface area contributed by atoms with Gasteiger partial charge >= 0.3 is 0 Å². The lowest BCUT2D eigenvalue weighted by atomic mass is 10.3. The Hall–Kier alpha value is -0.340. The van der Waals surface area contributed by atoms with E-state index in [0.29, 0.717) is 0 Å². The van der Waals surface area contributed by atoms with Gasteiger partial charge in [0.25, 0.3) is 0 Å². The van der Waals surface area contributed by atoms with Crippen LogP contribution in [-0.4, -0.2) is 24.9 Å². The molecule has 0 radical (unpaired) electrons. The summed E-state index contributed by atoms with van der Waals surface area (Å²) in [5, 5.41) is 8.27. The van der Waals surface area contributed by atoms with Crippen molar-refractivity contribution in [3.05, 3.63) is 12.2 Å².